The summed E-state index contributed by atoms with van der Waals surface area (Å²) in [5.41, 5.74) is 8.36. The molecular weight excluding hydrogens is 198 g/mol. The lowest BCUT2D eigenvalue weighted by atomic mass is 10.1. The highest BCUT2D eigenvalue weighted by Crippen LogP contribution is 2.26. The van der Waals surface area contributed by atoms with E-state index in [0.717, 1.165) is 11.1 Å². The zero-order valence-electron chi connectivity index (χ0n) is 7.74. The van der Waals surface area contributed by atoms with E-state index >= 15 is 0 Å². The number of rotatable bonds is 1. The number of hydrogen-bond acceptors (Lipinski definition) is 2. The average Bonchev–Trinajstić information content (AvgIpc) is 2.57. The van der Waals surface area contributed by atoms with Crippen molar-refractivity contribution in [1.82, 2.24) is 9.78 Å². The van der Waals surface area contributed by atoms with Gasteiger partial charge in [-0.05, 0) is 17.7 Å². The summed E-state index contributed by atoms with van der Waals surface area (Å²) in [5, 5.41) is 4.67. The van der Waals surface area contributed by atoms with Crippen LogP contribution < -0.4 is 5.73 Å². The third kappa shape index (κ3) is 1.59. The lowest BCUT2D eigenvalue weighted by molar-refractivity contribution is 0.768. The minimum Gasteiger partial charge on any atom is -0.398 e. The van der Waals surface area contributed by atoms with Gasteiger partial charge in [-0.2, -0.15) is 5.10 Å². The highest BCUT2D eigenvalue weighted by atomic mass is 35.5. The van der Waals surface area contributed by atoms with Crippen LogP contribution in [0, 0.1) is 0 Å². The van der Waals surface area contributed by atoms with Crippen molar-refractivity contribution < 1.29 is 0 Å². The molecule has 0 unspecified atom stereocenters. The number of aromatic nitrogens is 2. The second-order valence-electron chi connectivity index (χ2n) is 3.14. The van der Waals surface area contributed by atoms with Crippen molar-refractivity contribution >= 4 is 17.3 Å². The van der Waals surface area contributed by atoms with Crippen molar-refractivity contribution in [3.05, 3.63) is 35.6 Å². The fourth-order valence-corrected chi connectivity index (χ4v) is 1.41. The highest BCUT2D eigenvalue weighted by Gasteiger charge is 2.02. The van der Waals surface area contributed by atoms with Crippen LogP contribution in [0.1, 0.15) is 0 Å². The number of nitrogen functional groups attached to an aromatic ring is 1. The number of nitrogens with zero attached hydrogens (tertiary/aromatic N) is 2. The van der Waals surface area contributed by atoms with E-state index in [-0.39, 0.29) is 0 Å². The maximum Gasteiger partial charge on any atom is 0.0635 e. The van der Waals surface area contributed by atoms with Crippen LogP contribution in [0.15, 0.2) is 30.6 Å². The van der Waals surface area contributed by atoms with Crippen molar-refractivity contribution in [2.24, 2.45) is 7.05 Å². The Morgan fingerprint density at radius 2 is 2.14 bits per heavy atom. The zero-order chi connectivity index (χ0) is 10.1. The quantitative estimate of drug-likeness (QED) is 0.730. The fraction of sp³-hybridized carbons (Fsp3) is 0.100. The Balaban J connectivity index is 2.47. The molecule has 2 rings (SSSR count). The van der Waals surface area contributed by atoms with E-state index < -0.39 is 0 Å². The van der Waals surface area contributed by atoms with E-state index in [1.165, 1.54) is 0 Å². The maximum absolute atomic E-state index is 5.83. The Hall–Kier alpha value is -1.48. The van der Waals surface area contributed by atoms with Crippen molar-refractivity contribution in [2.45, 2.75) is 0 Å². The molecule has 0 aliphatic heterocycles. The van der Waals surface area contributed by atoms with Gasteiger partial charge in [0.25, 0.3) is 0 Å². The number of nitrogens with two attached hydrogens (primary N) is 1. The van der Waals surface area contributed by atoms with Gasteiger partial charge in [0.2, 0.25) is 0 Å². The first-order valence-corrected chi connectivity index (χ1v) is 4.58. The Labute approximate surface area is 87.1 Å². The SMILES string of the molecule is Cn1cc(-c2ccc(Cl)c(N)c2)cn1. The van der Waals surface area contributed by atoms with Crippen LogP contribution in [0.4, 0.5) is 5.69 Å². The molecule has 0 saturated carbocycles. The van der Waals surface area contributed by atoms with Crippen molar-refractivity contribution in [1.29, 1.82) is 0 Å². The molecule has 2 aromatic rings. The van der Waals surface area contributed by atoms with E-state index in [4.69, 9.17) is 17.3 Å². The normalized spacial score (nSPS) is 10.4. The number of hydrogen-bond donors (Lipinski definition) is 1. The number of halogens is 1. The van der Waals surface area contributed by atoms with Crippen molar-refractivity contribution in [2.75, 3.05) is 5.73 Å². The molecule has 0 bridgehead atoms. The minimum absolute atomic E-state index is 0.581. The van der Waals surface area contributed by atoms with E-state index in [1.807, 2.05) is 25.4 Å². The largest absolute Gasteiger partial charge is 0.398 e. The van der Waals surface area contributed by atoms with Crippen LogP contribution in [0.5, 0.6) is 0 Å². The highest BCUT2D eigenvalue weighted by molar-refractivity contribution is 6.33. The molecule has 0 radical (unpaired) electrons. The van der Waals surface area contributed by atoms with Gasteiger partial charge in [-0.1, -0.05) is 17.7 Å². The molecule has 0 atom stereocenters. The van der Waals surface area contributed by atoms with Crippen LogP contribution in [0.2, 0.25) is 5.02 Å². The second-order valence-corrected chi connectivity index (χ2v) is 3.55. The fourth-order valence-electron chi connectivity index (χ4n) is 1.29. The molecule has 0 fully saturated rings. The first-order valence-electron chi connectivity index (χ1n) is 4.21. The summed E-state index contributed by atoms with van der Waals surface area (Å²) < 4.78 is 1.75. The topological polar surface area (TPSA) is 43.8 Å². The van der Waals surface area contributed by atoms with E-state index in [0.29, 0.717) is 10.7 Å². The van der Waals surface area contributed by atoms with Crippen LogP contribution >= 0.6 is 11.6 Å². The predicted molar refractivity (Wildman–Crippen MR) is 58.1 cm³/mol. The van der Waals surface area contributed by atoms with Crippen LogP contribution in [-0.4, -0.2) is 9.78 Å². The average molecular weight is 208 g/mol. The second kappa shape index (κ2) is 3.35. The lowest BCUT2D eigenvalue weighted by Crippen LogP contribution is -1.87. The van der Waals surface area contributed by atoms with Gasteiger partial charge in [0.05, 0.1) is 16.9 Å². The van der Waals surface area contributed by atoms with E-state index in [9.17, 15) is 0 Å². The van der Waals surface area contributed by atoms with Gasteiger partial charge in [-0.15, -0.1) is 0 Å². The molecular formula is C10H10ClN3. The Kier molecular flexibility index (Phi) is 2.17. The first kappa shape index (κ1) is 9.09. The van der Waals surface area contributed by atoms with E-state index in [2.05, 4.69) is 5.10 Å². The summed E-state index contributed by atoms with van der Waals surface area (Å²) in [5.74, 6) is 0. The van der Waals surface area contributed by atoms with E-state index in [1.54, 1.807) is 16.9 Å². The first-order chi connectivity index (χ1) is 6.66. The van der Waals surface area contributed by atoms with Gasteiger partial charge in [-0.3, -0.25) is 4.68 Å². The van der Waals surface area contributed by atoms with Crippen molar-refractivity contribution in [3.63, 3.8) is 0 Å². The molecule has 3 nitrogen and oxygen atoms in total. The molecule has 72 valence electrons. The van der Waals surface area contributed by atoms with Gasteiger partial charge >= 0.3 is 0 Å². The summed E-state index contributed by atoms with van der Waals surface area (Å²) in [4.78, 5) is 0. The van der Waals surface area contributed by atoms with Crippen LogP contribution in [-0.2, 0) is 7.05 Å². The Bertz CT molecular complexity index is 462. The summed E-state index contributed by atoms with van der Waals surface area (Å²) >= 11 is 5.83. The van der Waals surface area contributed by atoms with Gasteiger partial charge < -0.3 is 5.73 Å². The summed E-state index contributed by atoms with van der Waals surface area (Å²) in [7, 11) is 1.88. The molecule has 0 aliphatic rings. The molecule has 0 saturated heterocycles. The zero-order valence-corrected chi connectivity index (χ0v) is 8.49. The monoisotopic (exact) mass is 207 g/mol. The number of anilines is 1. The van der Waals surface area contributed by atoms with Crippen LogP contribution in [0.25, 0.3) is 11.1 Å². The molecule has 0 amide bonds. The standard InChI is InChI=1S/C10H10ClN3/c1-14-6-8(5-13-14)7-2-3-9(11)10(12)4-7/h2-6H,12H2,1H3. The van der Waals surface area contributed by atoms with Gasteiger partial charge in [0, 0.05) is 18.8 Å². The molecule has 1 aromatic carbocycles. The number of benzene rings is 1. The third-order valence-corrected chi connectivity index (χ3v) is 2.38. The van der Waals surface area contributed by atoms with Crippen molar-refractivity contribution in [3.8, 4) is 11.1 Å². The lowest BCUT2D eigenvalue weighted by Gasteiger charge is -2.00. The molecule has 0 aliphatic carbocycles. The summed E-state index contributed by atoms with van der Waals surface area (Å²) in [6, 6.07) is 5.56. The molecule has 14 heavy (non-hydrogen) atoms. The van der Waals surface area contributed by atoms with Gasteiger partial charge in [0.1, 0.15) is 0 Å². The molecule has 0 spiro atoms. The van der Waals surface area contributed by atoms with Gasteiger partial charge in [0.15, 0.2) is 0 Å². The Morgan fingerprint density at radius 3 is 2.71 bits per heavy atom. The smallest absolute Gasteiger partial charge is 0.0635 e. The molecule has 2 N–H and O–H groups in total. The predicted octanol–water partition coefficient (Wildman–Crippen LogP) is 2.32. The van der Waals surface area contributed by atoms with Crippen LogP contribution in [0.3, 0.4) is 0 Å². The Morgan fingerprint density at radius 1 is 1.36 bits per heavy atom. The molecule has 1 heterocycles. The molecule has 4 heteroatoms. The maximum atomic E-state index is 5.83. The number of aryl methyl sites for hydroxylation is 1. The molecule has 1 aromatic heterocycles. The van der Waals surface area contributed by atoms with Gasteiger partial charge in [-0.25, -0.2) is 0 Å². The summed E-state index contributed by atoms with van der Waals surface area (Å²) in [6.07, 6.45) is 3.73. The summed E-state index contributed by atoms with van der Waals surface area (Å²) in [6.45, 7) is 0. The third-order valence-electron chi connectivity index (χ3n) is 2.03. The minimum atomic E-state index is 0.581.